The van der Waals surface area contributed by atoms with Crippen LogP contribution in [0, 0.1) is 27.7 Å². The zero-order valence-corrected chi connectivity index (χ0v) is 19.9. The van der Waals surface area contributed by atoms with Crippen molar-refractivity contribution in [1.29, 1.82) is 0 Å². The third kappa shape index (κ3) is 3.02. The van der Waals surface area contributed by atoms with Crippen molar-refractivity contribution < 1.29 is 8.98 Å². The van der Waals surface area contributed by atoms with E-state index in [2.05, 4.69) is 94.6 Å². The Labute approximate surface area is 187 Å². The van der Waals surface area contributed by atoms with Gasteiger partial charge in [-0.3, -0.25) is 0 Å². The van der Waals surface area contributed by atoms with Gasteiger partial charge in [0.1, 0.15) is 5.58 Å². The molecule has 0 atom stereocenters. The Bertz CT molecular complexity index is 1430. The lowest BCUT2D eigenvalue weighted by atomic mass is 10.0. The van der Waals surface area contributed by atoms with Gasteiger partial charge >= 0.3 is 0 Å². The van der Waals surface area contributed by atoms with Crippen LogP contribution in [0.2, 0.25) is 0 Å². The molecule has 156 valence electrons. The minimum atomic E-state index is 0.463. The summed E-state index contributed by atoms with van der Waals surface area (Å²) in [7, 11) is 0. The van der Waals surface area contributed by atoms with Gasteiger partial charge in [0.2, 0.25) is 5.58 Å². The smallest absolute Gasteiger partial charge is 0.276 e. The van der Waals surface area contributed by atoms with E-state index in [1.807, 2.05) is 17.4 Å². The van der Waals surface area contributed by atoms with Crippen LogP contribution >= 0.6 is 11.3 Å². The van der Waals surface area contributed by atoms with Crippen LogP contribution in [-0.2, 0) is 0 Å². The van der Waals surface area contributed by atoms with Crippen molar-refractivity contribution in [3.05, 3.63) is 81.9 Å². The van der Waals surface area contributed by atoms with Crippen LogP contribution in [-0.4, -0.2) is 0 Å². The molecule has 0 spiro atoms. The molecule has 0 amide bonds. The summed E-state index contributed by atoms with van der Waals surface area (Å²) in [6.07, 6.45) is 0. The average Bonchev–Trinajstić information content (AvgIpc) is 3.26. The molecule has 5 rings (SSSR count). The lowest BCUT2D eigenvalue weighted by Gasteiger charge is -2.08. The van der Waals surface area contributed by atoms with Crippen molar-refractivity contribution in [2.45, 2.75) is 47.5 Å². The Hall–Kier alpha value is -2.91. The second-order valence-electron chi connectivity index (χ2n) is 8.82. The molecule has 0 bridgehead atoms. The average molecular weight is 427 g/mol. The van der Waals surface area contributed by atoms with E-state index in [-0.39, 0.29) is 0 Å². The predicted molar refractivity (Wildman–Crippen MR) is 132 cm³/mol. The first-order chi connectivity index (χ1) is 14.9. The lowest BCUT2D eigenvalue weighted by molar-refractivity contribution is -0.585. The highest BCUT2D eigenvalue weighted by molar-refractivity contribution is 7.14. The highest BCUT2D eigenvalue weighted by Crippen LogP contribution is 2.39. The Balaban J connectivity index is 1.94. The molecular weight excluding hydrogens is 398 g/mol. The fourth-order valence-electron chi connectivity index (χ4n) is 4.76. The van der Waals surface area contributed by atoms with Crippen molar-refractivity contribution in [2.75, 3.05) is 0 Å². The van der Waals surface area contributed by atoms with E-state index < -0.39 is 0 Å². The summed E-state index contributed by atoms with van der Waals surface area (Å²) >= 11 is 1.92. The van der Waals surface area contributed by atoms with E-state index in [0.29, 0.717) is 5.92 Å². The van der Waals surface area contributed by atoms with Gasteiger partial charge in [-0.2, -0.15) is 0 Å². The Morgan fingerprint density at radius 2 is 1.48 bits per heavy atom. The topological polar surface area (TPSA) is 17.0 Å². The van der Waals surface area contributed by atoms with Crippen molar-refractivity contribution in [3.63, 3.8) is 0 Å². The zero-order chi connectivity index (χ0) is 21.9. The Morgan fingerprint density at radius 3 is 2.19 bits per heavy atom. The van der Waals surface area contributed by atoms with Gasteiger partial charge in [-0.25, -0.2) is 0 Å². The summed E-state index contributed by atoms with van der Waals surface area (Å²) in [4.78, 5) is 1.42. The number of aromatic nitrogens is 1. The normalized spacial score (nSPS) is 11.8. The summed E-state index contributed by atoms with van der Waals surface area (Å²) in [6, 6.07) is 19.3. The number of hydrogen-bond donors (Lipinski definition) is 0. The van der Waals surface area contributed by atoms with Crippen LogP contribution in [0.5, 0.6) is 0 Å². The Morgan fingerprint density at radius 1 is 0.774 bits per heavy atom. The maximum atomic E-state index is 6.48. The number of nitrogens with zero attached hydrogens (tertiary/aromatic N) is 1. The van der Waals surface area contributed by atoms with Crippen LogP contribution in [0.4, 0.5) is 0 Å². The van der Waals surface area contributed by atoms with E-state index >= 15 is 0 Å². The quantitative estimate of drug-likeness (QED) is 0.268. The standard InChI is InChI=1S/C28H28NOS/c1-16(2)27-20(6)29(28(31-27)24-17(3)10-9-11-18(24)4)25-19(5)14-15-22-21-12-7-8-13-23(21)30-26(22)25/h7-16H,1-6H3/q+1. The molecule has 0 aliphatic heterocycles. The molecule has 0 aliphatic rings. The minimum absolute atomic E-state index is 0.463. The van der Waals surface area contributed by atoms with Gasteiger partial charge < -0.3 is 4.42 Å². The summed E-state index contributed by atoms with van der Waals surface area (Å²) < 4.78 is 8.93. The van der Waals surface area contributed by atoms with Crippen molar-refractivity contribution >= 4 is 33.3 Å². The van der Waals surface area contributed by atoms with Crippen LogP contribution in [0.3, 0.4) is 0 Å². The number of para-hydroxylation sites is 1. The molecule has 3 heteroatoms. The molecule has 0 radical (unpaired) electrons. The number of thiazole rings is 1. The summed E-state index contributed by atoms with van der Waals surface area (Å²) in [6.45, 7) is 13.4. The molecule has 2 aromatic heterocycles. The molecule has 5 aromatic rings. The van der Waals surface area contributed by atoms with Crippen molar-refractivity contribution in [3.8, 4) is 16.3 Å². The molecular formula is C28H28NOS+. The van der Waals surface area contributed by atoms with E-state index in [9.17, 15) is 0 Å². The molecule has 31 heavy (non-hydrogen) atoms. The molecule has 3 aromatic carbocycles. The molecule has 0 aliphatic carbocycles. The first-order valence-electron chi connectivity index (χ1n) is 10.9. The lowest BCUT2D eigenvalue weighted by Crippen LogP contribution is -2.35. The molecule has 0 unspecified atom stereocenters. The SMILES string of the molecule is Cc1cccc(C)c1-c1sc(C(C)C)c(C)[n+]1-c1c(C)ccc2c1oc1ccccc12. The monoisotopic (exact) mass is 426 g/mol. The minimum Gasteiger partial charge on any atom is -0.449 e. The van der Waals surface area contributed by atoms with Gasteiger partial charge in [0, 0.05) is 23.3 Å². The van der Waals surface area contributed by atoms with E-state index in [1.54, 1.807) is 0 Å². The third-order valence-corrected chi connectivity index (χ3v) is 7.83. The van der Waals surface area contributed by atoms with Crippen LogP contribution < -0.4 is 4.57 Å². The zero-order valence-electron chi connectivity index (χ0n) is 19.0. The number of fused-ring (bicyclic) bond motifs is 3. The molecule has 2 nitrogen and oxygen atoms in total. The van der Waals surface area contributed by atoms with Gasteiger partial charge in [0.25, 0.3) is 10.7 Å². The first-order valence-corrected chi connectivity index (χ1v) is 11.7. The van der Waals surface area contributed by atoms with Crippen molar-refractivity contribution in [1.82, 2.24) is 0 Å². The maximum Gasteiger partial charge on any atom is 0.276 e. The molecule has 0 N–H and O–H groups in total. The van der Waals surface area contributed by atoms with E-state index in [0.717, 1.165) is 16.9 Å². The number of hydrogen-bond acceptors (Lipinski definition) is 2. The summed E-state index contributed by atoms with van der Waals surface area (Å²) in [5.74, 6) is 0.463. The molecule has 0 saturated carbocycles. The van der Waals surface area contributed by atoms with Crippen LogP contribution in [0.1, 0.15) is 47.0 Å². The number of aryl methyl sites for hydroxylation is 3. The second kappa shape index (κ2) is 7.35. The fraction of sp³-hybridized carbons (Fsp3) is 0.250. The summed E-state index contributed by atoms with van der Waals surface area (Å²) in [5, 5.41) is 3.63. The van der Waals surface area contributed by atoms with Gasteiger partial charge in [-0.1, -0.05) is 67.6 Å². The van der Waals surface area contributed by atoms with Gasteiger partial charge in [-0.05, 0) is 49.9 Å². The summed E-state index contributed by atoms with van der Waals surface area (Å²) in [5.41, 5.74) is 9.53. The van der Waals surface area contributed by atoms with Gasteiger partial charge in [-0.15, -0.1) is 4.57 Å². The van der Waals surface area contributed by atoms with E-state index in [4.69, 9.17) is 4.42 Å². The molecule has 0 fully saturated rings. The number of furan rings is 1. The third-order valence-electron chi connectivity index (χ3n) is 6.27. The highest BCUT2D eigenvalue weighted by Gasteiger charge is 2.33. The molecule has 2 heterocycles. The Kier molecular flexibility index (Phi) is 4.75. The predicted octanol–water partition coefficient (Wildman–Crippen LogP) is 7.95. The fourth-order valence-corrected chi connectivity index (χ4v) is 6.18. The van der Waals surface area contributed by atoms with E-state index in [1.165, 1.54) is 48.6 Å². The number of benzene rings is 3. The largest absolute Gasteiger partial charge is 0.449 e. The highest BCUT2D eigenvalue weighted by atomic mass is 32.1. The van der Waals surface area contributed by atoms with Gasteiger partial charge in [0.15, 0.2) is 5.69 Å². The second-order valence-corrected chi connectivity index (χ2v) is 9.85. The van der Waals surface area contributed by atoms with Crippen LogP contribution in [0.25, 0.3) is 38.2 Å². The van der Waals surface area contributed by atoms with Crippen molar-refractivity contribution in [2.24, 2.45) is 0 Å². The van der Waals surface area contributed by atoms with Crippen LogP contribution in [0.15, 0.2) is 59.0 Å². The first kappa shape index (κ1) is 20.0. The number of rotatable bonds is 3. The van der Waals surface area contributed by atoms with Gasteiger partial charge in [0.05, 0.1) is 10.4 Å². The maximum absolute atomic E-state index is 6.48. The molecule has 0 saturated heterocycles.